The minimum Gasteiger partial charge on any atom is -0.311 e. The minimum absolute atomic E-state index is 0.262. The van der Waals surface area contributed by atoms with Crippen molar-refractivity contribution in [2.24, 2.45) is 11.8 Å². The van der Waals surface area contributed by atoms with Crippen LogP contribution in [0.25, 0.3) is 0 Å². The SMILES string of the molecule is CCS(=O)(=O)CCCN1CC(CC(C)C)NCC1C(C)C. The number of piperazine rings is 1. The summed E-state index contributed by atoms with van der Waals surface area (Å²) >= 11 is 0. The monoisotopic (exact) mass is 318 g/mol. The Morgan fingerprint density at radius 1 is 1.24 bits per heavy atom. The molecule has 0 aromatic rings. The summed E-state index contributed by atoms with van der Waals surface area (Å²) in [6.45, 7) is 13.7. The second kappa shape index (κ2) is 8.49. The number of nitrogens with one attached hydrogen (secondary N) is 1. The third-order valence-corrected chi connectivity index (χ3v) is 6.20. The van der Waals surface area contributed by atoms with Crippen molar-refractivity contribution in [1.29, 1.82) is 0 Å². The van der Waals surface area contributed by atoms with Crippen molar-refractivity contribution in [2.75, 3.05) is 31.1 Å². The van der Waals surface area contributed by atoms with E-state index in [4.69, 9.17) is 0 Å². The maximum absolute atomic E-state index is 11.6. The Bertz CT molecular complexity index is 393. The molecule has 21 heavy (non-hydrogen) atoms. The van der Waals surface area contributed by atoms with E-state index in [9.17, 15) is 8.42 Å². The van der Waals surface area contributed by atoms with Crippen LogP contribution in [0.3, 0.4) is 0 Å². The summed E-state index contributed by atoms with van der Waals surface area (Å²) in [5.41, 5.74) is 0. The Labute approximate surface area is 131 Å². The van der Waals surface area contributed by atoms with Gasteiger partial charge in [0.15, 0.2) is 0 Å². The van der Waals surface area contributed by atoms with Crippen LogP contribution in [0.2, 0.25) is 0 Å². The van der Waals surface area contributed by atoms with E-state index in [1.54, 1.807) is 6.92 Å². The molecule has 126 valence electrons. The Balaban J connectivity index is 2.55. The normalized spacial score (nSPS) is 24.9. The van der Waals surface area contributed by atoms with Crippen LogP contribution >= 0.6 is 0 Å². The summed E-state index contributed by atoms with van der Waals surface area (Å²) < 4.78 is 23.3. The van der Waals surface area contributed by atoms with Gasteiger partial charge in [-0.3, -0.25) is 4.90 Å². The van der Waals surface area contributed by atoms with Gasteiger partial charge in [-0.1, -0.05) is 34.6 Å². The second-order valence-electron chi connectivity index (χ2n) is 7.13. The molecule has 1 heterocycles. The molecule has 0 amide bonds. The fraction of sp³-hybridized carbons (Fsp3) is 1.00. The molecular weight excluding hydrogens is 284 g/mol. The Kier molecular flexibility index (Phi) is 7.65. The first-order chi connectivity index (χ1) is 9.75. The van der Waals surface area contributed by atoms with Crippen molar-refractivity contribution in [2.45, 2.75) is 59.5 Å². The molecule has 0 aliphatic carbocycles. The Morgan fingerprint density at radius 3 is 2.43 bits per heavy atom. The van der Waals surface area contributed by atoms with Crippen molar-refractivity contribution in [3.63, 3.8) is 0 Å². The molecule has 5 heteroatoms. The highest BCUT2D eigenvalue weighted by molar-refractivity contribution is 7.91. The lowest BCUT2D eigenvalue weighted by Crippen LogP contribution is -2.58. The lowest BCUT2D eigenvalue weighted by Gasteiger charge is -2.43. The summed E-state index contributed by atoms with van der Waals surface area (Å²) in [5, 5.41) is 3.67. The van der Waals surface area contributed by atoms with Crippen LogP contribution in [0.15, 0.2) is 0 Å². The fourth-order valence-corrected chi connectivity index (χ4v) is 4.03. The number of nitrogens with zero attached hydrogens (tertiary/aromatic N) is 1. The van der Waals surface area contributed by atoms with Gasteiger partial charge in [-0.05, 0) is 31.2 Å². The first kappa shape index (κ1) is 18.9. The van der Waals surface area contributed by atoms with Gasteiger partial charge in [-0.15, -0.1) is 0 Å². The average Bonchev–Trinajstić information content (AvgIpc) is 2.37. The van der Waals surface area contributed by atoms with E-state index in [1.165, 1.54) is 6.42 Å². The molecule has 1 N–H and O–H groups in total. The van der Waals surface area contributed by atoms with Gasteiger partial charge in [0.05, 0.1) is 5.75 Å². The number of rotatable bonds is 8. The van der Waals surface area contributed by atoms with Crippen molar-refractivity contribution in [1.82, 2.24) is 10.2 Å². The van der Waals surface area contributed by atoms with Gasteiger partial charge in [0, 0.05) is 30.9 Å². The zero-order valence-corrected chi connectivity index (χ0v) is 15.2. The van der Waals surface area contributed by atoms with E-state index < -0.39 is 9.84 Å². The average molecular weight is 319 g/mol. The van der Waals surface area contributed by atoms with Crippen molar-refractivity contribution < 1.29 is 8.42 Å². The van der Waals surface area contributed by atoms with Gasteiger partial charge < -0.3 is 5.32 Å². The van der Waals surface area contributed by atoms with E-state index in [0.717, 1.165) is 26.1 Å². The molecule has 0 spiro atoms. The van der Waals surface area contributed by atoms with Crippen LogP contribution in [-0.2, 0) is 9.84 Å². The van der Waals surface area contributed by atoms with Crippen LogP contribution in [0.5, 0.6) is 0 Å². The predicted molar refractivity (Wildman–Crippen MR) is 90.4 cm³/mol. The van der Waals surface area contributed by atoms with Crippen LogP contribution < -0.4 is 5.32 Å². The minimum atomic E-state index is -2.83. The van der Waals surface area contributed by atoms with E-state index in [-0.39, 0.29) is 5.75 Å². The van der Waals surface area contributed by atoms with Gasteiger partial charge in [-0.2, -0.15) is 0 Å². The van der Waals surface area contributed by atoms with E-state index in [2.05, 4.69) is 37.9 Å². The highest BCUT2D eigenvalue weighted by Crippen LogP contribution is 2.18. The Morgan fingerprint density at radius 2 is 1.90 bits per heavy atom. The maximum Gasteiger partial charge on any atom is 0.150 e. The number of hydrogen-bond donors (Lipinski definition) is 1. The molecule has 1 aliphatic rings. The van der Waals surface area contributed by atoms with E-state index >= 15 is 0 Å². The Hall–Kier alpha value is -0.130. The molecular formula is C16H34N2O2S. The lowest BCUT2D eigenvalue weighted by molar-refractivity contribution is 0.0925. The maximum atomic E-state index is 11.6. The topological polar surface area (TPSA) is 49.4 Å². The quantitative estimate of drug-likeness (QED) is 0.745. The zero-order chi connectivity index (χ0) is 16.0. The molecule has 2 atom stereocenters. The molecule has 0 saturated carbocycles. The molecule has 1 aliphatic heterocycles. The van der Waals surface area contributed by atoms with E-state index in [0.29, 0.717) is 29.7 Å². The molecule has 4 nitrogen and oxygen atoms in total. The smallest absolute Gasteiger partial charge is 0.150 e. The summed E-state index contributed by atoms with van der Waals surface area (Å²) in [4.78, 5) is 2.51. The molecule has 1 rings (SSSR count). The first-order valence-corrected chi connectivity index (χ1v) is 10.2. The van der Waals surface area contributed by atoms with Gasteiger partial charge in [-0.25, -0.2) is 8.42 Å². The third-order valence-electron chi connectivity index (χ3n) is 4.41. The third kappa shape index (κ3) is 6.66. The summed E-state index contributed by atoms with van der Waals surface area (Å²) in [6, 6.07) is 1.07. The van der Waals surface area contributed by atoms with Crippen LogP contribution in [-0.4, -0.2) is 56.5 Å². The first-order valence-electron chi connectivity index (χ1n) is 8.43. The van der Waals surface area contributed by atoms with E-state index in [1.807, 2.05) is 0 Å². The van der Waals surface area contributed by atoms with Crippen molar-refractivity contribution in [3.05, 3.63) is 0 Å². The number of hydrogen-bond acceptors (Lipinski definition) is 4. The summed E-state index contributed by atoms with van der Waals surface area (Å²) in [5.74, 6) is 1.88. The molecule has 2 unspecified atom stereocenters. The van der Waals surface area contributed by atoms with Crippen LogP contribution in [0, 0.1) is 11.8 Å². The molecule has 1 saturated heterocycles. The van der Waals surface area contributed by atoms with Gasteiger partial charge in [0.2, 0.25) is 0 Å². The predicted octanol–water partition coefficient (Wildman–Crippen LogP) is 2.16. The lowest BCUT2D eigenvalue weighted by atomic mass is 9.95. The second-order valence-corrected chi connectivity index (χ2v) is 9.60. The zero-order valence-electron chi connectivity index (χ0n) is 14.4. The molecule has 1 fully saturated rings. The highest BCUT2D eigenvalue weighted by Gasteiger charge is 2.29. The van der Waals surface area contributed by atoms with Crippen LogP contribution in [0.4, 0.5) is 0 Å². The fourth-order valence-electron chi connectivity index (χ4n) is 3.17. The molecule has 0 aromatic heterocycles. The molecule has 0 bridgehead atoms. The summed E-state index contributed by atoms with van der Waals surface area (Å²) in [7, 11) is -2.83. The standard InChI is InChI=1S/C16H34N2O2S/c1-6-21(19,20)9-7-8-18-12-15(10-13(2)3)17-11-16(18)14(4)5/h13-17H,6-12H2,1-5H3. The molecule has 0 aromatic carbocycles. The highest BCUT2D eigenvalue weighted by atomic mass is 32.2. The van der Waals surface area contributed by atoms with Crippen LogP contribution in [0.1, 0.15) is 47.5 Å². The van der Waals surface area contributed by atoms with Gasteiger partial charge >= 0.3 is 0 Å². The van der Waals surface area contributed by atoms with Gasteiger partial charge in [0.1, 0.15) is 9.84 Å². The van der Waals surface area contributed by atoms with Gasteiger partial charge in [0.25, 0.3) is 0 Å². The van der Waals surface area contributed by atoms with Crippen molar-refractivity contribution in [3.8, 4) is 0 Å². The molecule has 0 radical (unpaired) electrons. The number of sulfone groups is 1. The summed E-state index contributed by atoms with van der Waals surface area (Å²) in [6.07, 6.45) is 1.95. The largest absolute Gasteiger partial charge is 0.311 e. The van der Waals surface area contributed by atoms with Crippen molar-refractivity contribution >= 4 is 9.84 Å².